The molecule has 0 spiro atoms. The standard InChI is InChI=1S/C20H15ClO3/c1-2-16-14(12-6-4-3-5-7-12)11-18-20(24-16)19(22)15-10-13(21)8-9-17(15)23-18/h2-10,14,16H,1,11H2/t14-,16-/m0/s1. The van der Waals surface area contributed by atoms with E-state index in [1.807, 2.05) is 18.2 Å². The fourth-order valence-corrected chi connectivity index (χ4v) is 3.38. The van der Waals surface area contributed by atoms with E-state index in [4.69, 9.17) is 20.8 Å². The van der Waals surface area contributed by atoms with E-state index < -0.39 is 0 Å². The highest BCUT2D eigenvalue weighted by atomic mass is 35.5. The van der Waals surface area contributed by atoms with Crippen molar-refractivity contribution in [2.75, 3.05) is 0 Å². The Hall–Kier alpha value is -2.52. The monoisotopic (exact) mass is 338 g/mol. The van der Waals surface area contributed by atoms with Gasteiger partial charge in [0.1, 0.15) is 11.7 Å². The van der Waals surface area contributed by atoms with Gasteiger partial charge in [0.25, 0.3) is 0 Å². The minimum Gasteiger partial charge on any atom is -0.478 e. The largest absolute Gasteiger partial charge is 0.478 e. The summed E-state index contributed by atoms with van der Waals surface area (Å²) >= 11 is 6.00. The van der Waals surface area contributed by atoms with Crippen molar-refractivity contribution < 1.29 is 9.15 Å². The molecule has 1 aliphatic rings. The number of hydrogen-bond acceptors (Lipinski definition) is 3. The molecule has 2 aromatic carbocycles. The molecular formula is C20H15ClO3. The molecule has 0 bridgehead atoms. The Morgan fingerprint density at radius 2 is 1.96 bits per heavy atom. The van der Waals surface area contributed by atoms with Crippen molar-refractivity contribution in [2.24, 2.45) is 0 Å². The van der Waals surface area contributed by atoms with Crippen molar-refractivity contribution >= 4 is 22.6 Å². The molecule has 1 aromatic heterocycles. The van der Waals surface area contributed by atoms with Crippen LogP contribution in [-0.4, -0.2) is 6.10 Å². The van der Waals surface area contributed by atoms with Gasteiger partial charge < -0.3 is 9.15 Å². The van der Waals surface area contributed by atoms with Crippen LogP contribution >= 0.6 is 11.6 Å². The highest BCUT2D eigenvalue weighted by Gasteiger charge is 2.33. The van der Waals surface area contributed by atoms with Gasteiger partial charge in [-0.1, -0.05) is 54.6 Å². The van der Waals surface area contributed by atoms with E-state index in [1.165, 1.54) is 0 Å². The Bertz CT molecular complexity index is 975. The van der Waals surface area contributed by atoms with Gasteiger partial charge in [0.2, 0.25) is 11.2 Å². The minimum absolute atomic E-state index is 0.0594. The predicted octanol–water partition coefficient (Wildman–Crippen LogP) is 4.72. The summed E-state index contributed by atoms with van der Waals surface area (Å²) in [6.07, 6.45) is 2.05. The number of benzene rings is 2. The molecule has 2 heterocycles. The third-order valence-corrected chi connectivity index (χ3v) is 4.63. The van der Waals surface area contributed by atoms with Crippen LogP contribution in [0.4, 0.5) is 0 Å². The summed E-state index contributed by atoms with van der Waals surface area (Å²) in [7, 11) is 0. The maximum Gasteiger partial charge on any atom is 0.234 e. The van der Waals surface area contributed by atoms with E-state index in [0.717, 1.165) is 5.56 Å². The third kappa shape index (κ3) is 2.42. The van der Waals surface area contributed by atoms with E-state index in [1.54, 1.807) is 24.3 Å². The topological polar surface area (TPSA) is 39.4 Å². The van der Waals surface area contributed by atoms with Crippen molar-refractivity contribution in [3.05, 3.63) is 87.8 Å². The number of hydrogen-bond donors (Lipinski definition) is 0. The number of fused-ring (bicyclic) bond motifs is 2. The summed E-state index contributed by atoms with van der Waals surface area (Å²) in [5.41, 5.74) is 1.47. The number of halogens is 1. The highest BCUT2D eigenvalue weighted by molar-refractivity contribution is 6.31. The zero-order valence-electron chi connectivity index (χ0n) is 12.9. The van der Waals surface area contributed by atoms with Gasteiger partial charge in [-0.25, -0.2) is 0 Å². The maximum absolute atomic E-state index is 12.8. The Balaban J connectivity index is 1.87. The lowest BCUT2D eigenvalue weighted by Gasteiger charge is -2.31. The van der Waals surface area contributed by atoms with Crippen molar-refractivity contribution in [1.82, 2.24) is 0 Å². The van der Waals surface area contributed by atoms with Crippen LogP contribution in [0.3, 0.4) is 0 Å². The average Bonchev–Trinajstić information content (AvgIpc) is 2.62. The molecule has 4 rings (SSSR count). The molecule has 4 heteroatoms. The van der Waals surface area contributed by atoms with E-state index >= 15 is 0 Å². The van der Waals surface area contributed by atoms with Crippen LogP contribution in [0.1, 0.15) is 17.2 Å². The van der Waals surface area contributed by atoms with Crippen LogP contribution in [0.25, 0.3) is 11.0 Å². The fraction of sp³-hybridized carbons (Fsp3) is 0.150. The summed E-state index contributed by atoms with van der Waals surface area (Å²) < 4.78 is 11.9. The maximum atomic E-state index is 12.8. The first kappa shape index (κ1) is 15.0. The molecule has 0 saturated heterocycles. The van der Waals surface area contributed by atoms with E-state index in [2.05, 4.69) is 18.7 Å². The summed E-state index contributed by atoms with van der Waals surface area (Å²) in [5, 5.41) is 0.926. The molecule has 0 fully saturated rings. The molecule has 120 valence electrons. The predicted molar refractivity (Wildman–Crippen MR) is 95.0 cm³/mol. The lowest BCUT2D eigenvalue weighted by atomic mass is 9.87. The molecule has 0 saturated carbocycles. The summed E-state index contributed by atoms with van der Waals surface area (Å²) in [4.78, 5) is 12.8. The molecular weight excluding hydrogens is 324 g/mol. The molecule has 0 N–H and O–H groups in total. The van der Waals surface area contributed by atoms with E-state index in [-0.39, 0.29) is 23.2 Å². The second-order valence-corrected chi connectivity index (χ2v) is 6.30. The van der Waals surface area contributed by atoms with Crippen molar-refractivity contribution in [3.63, 3.8) is 0 Å². The van der Waals surface area contributed by atoms with Gasteiger partial charge in [-0.15, -0.1) is 0 Å². The smallest absolute Gasteiger partial charge is 0.234 e. The quantitative estimate of drug-likeness (QED) is 0.635. The van der Waals surface area contributed by atoms with Crippen LogP contribution in [-0.2, 0) is 6.42 Å². The molecule has 0 radical (unpaired) electrons. The second-order valence-electron chi connectivity index (χ2n) is 5.86. The third-order valence-electron chi connectivity index (χ3n) is 4.39. The zero-order valence-corrected chi connectivity index (χ0v) is 13.6. The fourth-order valence-electron chi connectivity index (χ4n) is 3.20. The molecule has 3 aromatic rings. The molecule has 2 atom stereocenters. The Labute approximate surface area is 144 Å². The molecule has 0 amide bonds. The van der Waals surface area contributed by atoms with E-state index in [0.29, 0.717) is 28.2 Å². The SMILES string of the molecule is C=C[C@@H]1Oc2c(oc3ccc(Cl)cc3c2=O)C[C@H]1c1ccccc1. The van der Waals surface area contributed by atoms with Crippen molar-refractivity contribution in [3.8, 4) is 5.75 Å². The van der Waals surface area contributed by atoms with Crippen molar-refractivity contribution in [2.45, 2.75) is 18.4 Å². The summed E-state index contributed by atoms with van der Waals surface area (Å²) in [6, 6.07) is 15.1. The Morgan fingerprint density at radius 1 is 1.17 bits per heavy atom. The molecule has 24 heavy (non-hydrogen) atoms. The second kappa shape index (κ2) is 5.84. The molecule has 0 unspecified atom stereocenters. The van der Waals surface area contributed by atoms with Gasteiger partial charge >= 0.3 is 0 Å². The summed E-state index contributed by atoms with van der Waals surface area (Å²) in [6.45, 7) is 3.86. The normalized spacial score (nSPS) is 19.5. The number of ether oxygens (including phenoxy) is 1. The highest BCUT2D eigenvalue weighted by Crippen LogP contribution is 2.36. The number of rotatable bonds is 2. The van der Waals surface area contributed by atoms with Gasteiger partial charge in [0.05, 0.1) is 5.39 Å². The molecule has 3 nitrogen and oxygen atoms in total. The lowest BCUT2D eigenvalue weighted by Crippen LogP contribution is -2.32. The van der Waals surface area contributed by atoms with Crippen LogP contribution in [0.2, 0.25) is 5.02 Å². The first-order chi connectivity index (χ1) is 11.7. The minimum atomic E-state index is -0.278. The first-order valence-corrected chi connectivity index (χ1v) is 8.14. The van der Waals surface area contributed by atoms with Crippen LogP contribution < -0.4 is 10.2 Å². The average molecular weight is 339 g/mol. The Kier molecular flexibility index (Phi) is 3.66. The van der Waals surface area contributed by atoms with Crippen molar-refractivity contribution in [1.29, 1.82) is 0 Å². The van der Waals surface area contributed by atoms with Gasteiger partial charge in [-0.2, -0.15) is 0 Å². The van der Waals surface area contributed by atoms with Crippen LogP contribution in [0.15, 0.2) is 70.4 Å². The van der Waals surface area contributed by atoms with Gasteiger partial charge in [-0.3, -0.25) is 4.79 Å². The van der Waals surface area contributed by atoms with E-state index in [9.17, 15) is 4.79 Å². The summed E-state index contributed by atoms with van der Waals surface area (Å²) in [5.74, 6) is 0.896. The van der Waals surface area contributed by atoms with Crippen LogP contribution in [0.5, 0.6) is 5.75 Å². The van der Waals surface area contributed by atoms with Gasteiger partial charge in [0, 0.05) is 17.4 Å². The first-order valence-electron chi connectivity index (χ1n) is 7.77. The van der Waals surface area contributed by atoms with Gasteiger partial charge in [0.15, 0.2) is 5.76 Å². The molecule has 0 aliphatic carbocycles. The Morgan fingerprint density at radius 3 is 2.71 bits per heavy atom. The van der Waals surface area contributed by atoms with Crippen LogP contribution in [0, 0.1) is 0 Å². The van der Waals surface area contributed by atoms with Gasteiger partial charge in [-0.05, 0) is 23.8 Å². The molecule has 1 aliphatic heterocycles. The zero-order chi connectivity index (χ0) is 16.7. The lowest BCUT2D eigenvalue weighted by molar-refractivity contribution is 0.176.